The highest BCUT2D eigenvalue weighted by molar-refractivity contribution is 5.65. The first kappa shape index (κ1) is 11.8. The fourth-order valence-electron chi connectivity index (χ4n) is 2.52. The van der Waals surface area contributed by atoms with Crippen LogP contribution < -0.4 is 10.6 Å². The van der Waals surface area contributed by atoms with E-state index in [1.54, 1.807) is 6.07 Å². The fourth-order valence-corrected chi connectivity index (χ4v) is 2.52. The molecular weight excluding hydrogens is 210 g/mol. The largest absolute Gasteiger partial charge is 0.399 e. The van der Waals surface area contributed by atoms with E-state index in [0.717, 1.165) is 12.2 Å². The molecule has 0 saturated carbocycles. The Kier molecular flexibility index (Phi) is 3.23. The molecule has 1 fully saturated rings. The van der Waals surface area contributed by atoms with Crippen LogP contribution in [0.3, 0.4) is 0 Å². The molecule has 3 nitrogen and oxygen atoms in total. The van der Waals surface area contributed by atoms with Crippen molar-refractivity contribution in [2.24, 2.45) is 5.92 Å². The summed E-state index contributed by atoms with van der Waals surface area (Å²) >= 11 is 0. The number of benzene rings is 1. The minimum atomic E-state index is 0.502. The Balaban J connectivity index is 2.35. The summed E-state index contributed by atoms with van der Waals surface area (Å²) in [5.74, 6) is 0.690. The summed E-state index contributed by atoms with van der Waals surface area (Å²) in [5.41, 5.74) is 8.10. The molecule has 3 heteroatoms. The number of piperidine rings is 1. The van der Waals surface area contributed by atoms with Gasteiger partial charge in [0.1, 0.15) is 6.07 Å². The highest BCUT2D eigenvalue weighted by Gasteiger charge is 2.24. The van der Waals surface area contributed by atoms with Gasteiger partial charge < -0.3 is 10.6 Å². The highest BCUT2D eigenvalue weighted by atomic mass is 15.2. The summed E-state index contributed by atoms with van der Waals surface area (Å²) in [6, 6.07) is 8.37. The maximum atomic E-state index is 9.19. The van der Waals surface area contributed by atoms with E-state index < -0.39 is 0 Å². The van der Waals surface area contributed by atoms with Gasteiger partial charge in [-0.2, -0.15) is 5.26 Å². The van der Waals surface area contributed by atoms with Gasteiger partial charge in [0.2, 0.25) is 0 Å². The first-order valence-electron chi connectivity index (χ1n) is 6.18. The number of nitrogens with zero attached hydrogens (tertiary/aromatic N) is 2. The number of hydrogen-bond acceptors (Lipinski definition) is 3. The smallest absolute Gasteiger partial charge is 0.101 e. The third-order valence-electron chi connectivity index (χ3n) is 3.57. The van der Waals surface area contributed by atoms with Gasteiger partial charge >= 0.3 is 0 Å². The molecule has 0 aromatic heterocycles. The highest BCUT2D eigenvalue weighted by Crippen LogP contribution is 2.30. The van der Waals surface area contributed by atoms with Crippen molar-refractivity contribution in [2.75, 3.05) is 17.2 Å². The van der Waals surface area contributed by atoms with Crippen molar-refractivity contribution in [1.82, 2.24) is 0 Å². The summed E-state index contributed by atoms with van der Waals surface area (Å²) in [5, 5.41) is 9.19. The molecule has 1 aliphatic rings. The molecule has 0 amide bonds. The van der Waals surface area contributed by atoms with Crippen molar-refractivity contribution in [1.29, 1.82) is 5.26 Å². The molecule has 17 heavy (non-hydrogen) atoms. The van der Waals surface area contributed by atoms with Crippen LogP contribution in [0.4, 0.5) is 11.4 Å². The lowest BCUT2D eigenvalue weighted by molar-refractivity contribution is 0.390. The van der Waals surface area contributed by atoms with E-state index in [-0.39, 0.29) is 0 Å². The quantitative estimate of drug-likeness (QED) is 0.753. The molecular formula is C14H19N3. The Bertz CT molecular complexity index is 447. The number of nitrogen functional groups attached to an aromatic ring is 1. The van der Waals surface area contributed by atoms with Crippen LogP contribution in [0, 0.1) is 17.2 Å². The predicted molar refractivity (Wildman–Crippen MR) is 70.8 cm³/mol. The SMILES string of the molecule is CC1CCC(C)N(c2ccc(N)cc2C#N)C1. The summed E-state index contributed by atoms with van der Waals surface area (Å²) < 4.78 is 0. The maximum absolute atomic E-state index is 9.19. The standard InChI is InChI=1S/C14H19N3/c1-10-3-4-11(2)17(9-10)14-6-5-13(16)7-12(14)8-15/h5-7,10-11H,3-4,9,16H2,1-2H3. The molecule has 0 bridgehead atoms. The first-order chi connectivity index (χ1) is 8.11. The van der Waals surface area contributed by atoms with Crippen molar-refractivity contribution >= 4 is 11.4 Å². The number of nitriles is 1. The topological polar surface area (TPSA) is 53.0 Å². The molecule has 1 aromatic carbocycles. The van der Waals surface area contributed by atoms with E-state index >= 15 is 0 Å². The van der Waals surface area contributed by atoms with Crippen molar-refractivity contribution < 1.29 is 0 Å². The number of anilines is 2. The van der Waals surface area contributed by atoms with Gasteiger partial charge in [0.15, 0.2) is 0 Å². The van der Waals surface area contributed by atoms with E-state index in [1.165, 1.54) is 12.8 Å². The zero-order valence-electron chi connectivity index (χ0n) is 10.5. The van der Waals surface area contributed by atoms with Gasteiger partial charge in [0, 0.05) is 18.3 Å². The van der Waals surface area contributed by atoms with Gasteiger partial charge in [-0.25, -0.2) is 0 Å². The molecule has 1 aliphatic heterocycles. The van der Waals surface area contributed by atoms with Crippen LogP contribution in [0.2, 0.25) is 0 Å². The Labute approximate surface area is 103 Å². The van der Waals surface area contributed by atoms with Crippen molar-refractivity contribution in [3.05, 3.63) is 23.8 Å². The average Bonchev–Trinajstić information content (AvgIpc) is 2.32. The normalized spacial score (nSPS) is 24.4. The number of rotatable bonds is 1. The zero-order valence-corrected chi connectivity index (χ0v) is 10.5. The lowest BCUT2D eigenvalue weighted by Crippen LogP contribution is -2.41. The Morgan fingerprint density at radius 3 is 2.82 bits per heavy atom. The van der Waals surface area contributed by atoms with Gasteiger partial charge in [-0.3, -0.25) is 0 Å². The molecule has 2 atom stereocenters. The molecule has 0 radical (unpaired) electrons. The zero-order chi connectivity index (χ0) is 12.4. The van der Waals surface area contributed by atoms with Crippen LogP contribution in [0.15, 0.2) is 18.2 Å². The second-order valence-electron chi connectivity index (χ2n) is 5.07. The fraction of sp³-hybridized carbons (Fsp3) is 0.500. The minimum absolute atomic E-state index is 0.502. The van der Waals surface area contributed by atoms with Crippen LogP contribution in [0.25, 0.3) is 0 Å². The lowest BCUT2D eigenvalue weighted by atomic mass is 9.94. The Morgan fingerprint density at radius 2 is 2.12 bits per heavy atom. The molecule has 90 valence electrons. The predicted octanol–water partition coefficient (Wildman–Crippen LogP) is 2.77. The number of hydrogen-bond donors (Lipinski definition) is 1. The van der Waals surface area contributed by atoms with Crippen molar-refractivity contribution in [3.8, 4) is 6.07 Å². The Hall–Kier alpha value is -1.69. The summed E-state index contributed by atoms with van der Waals surface area (Å²) in [6.07, 6.45) is 2.46. The maximum Gasteiger partial charge on any atom is 0.101 e. The molecule has 2 rings (SSSR count). The van der Waals surface area contributed by atoms with Gasteiger partial charge in [0.05, 0.1) is 11.3 Å². The molecule has 0 aliphatic carbocycles. The molecule has 1 saturated heterocycles. The van der Waals surface area contributed by atoms with Crippen LogP contribution in [-0.2, 0) is 0 Å². The molecule has 0 spiro atoms. The summed E-state index contributed by atoms with van der Waals surface area (Å²) in [4.78, 5) is 2.34. The van der Waals surface area contributed by atoms with Gasteiger partial charge in [-0.15, -0.1) is 0 Å². The lowest BCUT2D eigenvalue weighted by Gasteiger charge is -2.39. The van der Waals surface area contributed by atoms with E-state index in [1.807, 2.05) is 12.1 Å². The molecule has 1 heterocycles. The van der Waals surface area contributed by atoms with Crippen LogP contribution >= 0.6 is 0 Å². The van der Waals surface area contributed by atoms with Crippen molar-refractivity contribution in [2.45, 2.75) is 32.7 Å². The van der Waals surface area contributed by atoms with Gasteiger partial charge in [-0.05, 0) is 43.9 Å². The molecule has 1 aromatic rings. The van der Waals surface area contributed by atoms with Crippen LogP contribution in [-0.4, -0.2) is 12.6 Å². The van der Waals surface area contributed by atoms with E-state index in [2.05, 4.69) is 24.8 Å². The van der Waals surface area contributed by atoms with Gasteiger partial charge in [-0.1, -0.05) is 6.92 Å². The van der Waals surface area contributed by atoms with E-state index in [4.69, 9.17) is 5.73 Å². The summed E-state index contributed by atoms with van der Waals surface area (Å²) in [6.45, 7) is 5.52. The van der Waals surface area contributed by atoms with Crippen LogP contribution in [0.1, 0.15) is 32.3 Å². The van der Waals surface area contributed by atoms with Crippen LogP contribution in [0.5, 0.6) is 0 Å². The van der Waals surface area contributed by atoms with E-state index in [0.29, 0.717) is 23.2 Å². The minimum Gasteiger partial charge on any atom is -0.399 e. The monoisotopic (exact) mass is 229 g/mol. The number of nitrogens with two attached hydrogens (primary N) is 1. The second kappa shape index (κ2) is 4.67. The third-order valence-corrected chi connectivity index (χ3v) is 3.57. The summed E-state index contributed by atoms with van der Waals surface area (Å²) in [7, 11) is 0. The van der Waals surface area contributed by atoms with E-state index in [9.17, 15) is 5.26 Å². The Morgan fingerprint density at radius 1 is 1.35 bits per heavy atom. The molecule has 2 unspecified atom stereocenters. The van der Waals surface area contributed by atoms with Gasteiger partial charge in [0.25, 0.3) is 0 Å². The first-order valence-corrected chi connectivity index (χ1v) is 6.18. The van der Waals surface area contributed by atoms with Crippen molar-refractivity contribution in [3.63, 3.8) is 0 Å². The average molecular weight is 229 g/mol. The molecule has 2 N–H and O–H groups in total. The second-order valence-corrected chi connectivity index (χ2v) is 5.07. The third kappa shape index (κ3) is 2.36.